The van der Waals surface area contributed by atoms with Gasteiger partial charge in [0.2, 0.25) is 0 Å². The molecule has 1 aromatic rings. The van der Waals surface area contributed by atoms with E-state index in [9.17, 15) is 4.79 Å². The van der Waals surface area contributed by atoms with Crippen molar-refractivity contribution in [3.63, 3.8) is 0 Å². The molecule has 2 saturated heterocycles. The first-order valence-corrected chi connectivity index (χ1v) is 13.0. The number of carbonyl (C=O) groups is 1. The number of allylic oxidation sites excluding steroid dienone is 1. The molecular formula is C30H50N2O. The first kappa shape index (κ1) is 27.4. The molecule has 1 unspecified atom stereocenters. The number of piperidine rings is 2. The second-order valence-corrected chi connectivity index (χ2v) is 11.1. The van der Waals surface area contributed by atoms with Gasteiger partial charge in [0.15, 0.2) is 0 Å². The standard InChI is InChI=1S/C24H36N2O.C6H12.H2/c1-3-20-9-6-16-26(19-20)24(27)23-12-10-21(11-13-23)7-4-5-8-22-14-17-25(2)18-15-22;1-5-6(2,3)4;/h3,10-13,20,22H,1,4-9,14-19H2,2H3;5H,1H2,2-4H3;1H. The molecule has 0 saturated carbocycles. The minimum Gasteiger partial charge on any atom is -0.338 e. The maximum absolute atomic E-state index is 12.7. The molecule has 2 aliphatic rings. The lowest BCUT2D eigenvalue weighted by atomic mass is 9.91. The molecule has 2 fully saturated rings. The Morgan fingerprint density at radius 1 is 1.06 bits per heavy atom. The minimum absolute atomic E-state index is 0. The molecule has 0 bridgehead atoms. The summed E-state index contributed by atoms with van der Waals surface area (Å²) in [6.07, 6.45) is 14.0. The van der Waals surface area contributed by atoms with Crippen LogP contribution in [0.2, 0.25) is 0 Å². The van der Waals surface area contributed by atoms with Gasteiger partial charge in [0.25, 0.3) is 5.91 Å². The van der Waals surface area contributed by atoms with Crippen LogP contribution in [0, 0.1) is 17.3 Å². The highest BCUT2D eigenvalue weighted by Gasteiger charge is 2.22. The number of amides is 1. The van der Waals surface area contributed by atoms with Crippen LogP contribution in [0.25, 0.3) is 0 Å². The molecule has 186 valence electrons. The third-order valence-electron chi connectivity index (χ3n) is 7.06. The average molecular weight is 455 g/mol. The molecule has 0 radical (unpaired) electrons. The van der Waals surface area contributed by atoms with E-state index in [0.29, 0.717) is 11.3 Å². The number of carbonyl (C=O) groups excluding carboxylic acids is 1. The fraction of sp³-hybridized carbons (Fsp3) is 0.633. The summed E-state index contributed by atoms with van der Waals surface area (Å²) < 4.78 is 0. The zero-order chi connectivity index (χ0) is 24.3. The molecule has 1 atom stereocenters. The summed E-state index contributed by atoms with van der Waals surface area (Å²) in [5.41, 5.74) is 2.49. The molecule has 3 rings (SSSR count). The van der Waals surface area contributed by atoms with Crippen molar-refractivity contribution in [1.82, 2.24) is 9.80 Å². The summed E-state index contributed by atoms with van der Waals surface area (Å²) in [5, 5.41) is 0. The molecule has 2 heterocycles. The maximum Gasteiger partial charge on any atom is 0.253 e. The van der Waals surface area contributed by atoms with Crippen LogP contribution >= 0.6 is 0 Å². The van der Waals surface area contributed by atoms with Crippen LogP contribution in [0.4, 0.5) is 0 Å². The van der Waals surface area contributed by atoms with Gasteiger partial charge in [0, 0.05) is 20.1 Å². The number of benzene rings is 1. The second kappa shape index (κ2) is 13.7. The van der Waals surface area contributed by atoms with Gasteiger partial charge >= 0.3 is 0 Å². The summed E-state index contributed by atoms with van der Waals surface area (Å²) in [4.78, 5) is 17.2. The van der Waals surface area contributed by atoms with Gasteiger partial charge in [-0.25, -0.2) is 0 Å². The van der Waals surface area contributed by atoms with E-state index in [1.165, 1.54) is 50.8 Å². The van der Waals surface area contributed by atoms with E-state index < -0.39 is 0 Å². The average Bonchev–Trinajstić information content (AvgIpc) is 2.83. The van der Waals surface area contributed by atoms with Gasteiger partial charge in [-0.1, -0.05) is 57.9 Å². The van der Waals surface area contributed by atoms with E-state index in [4.69, 9.17) is 0 Å². The number of unbranched alkanes of at least 4 members (excludes halogenated alkanes) is 1. The summed E-state index contributed by atoms with van der Waals surface area (Å²) >= 11 is 0. The third-order valence-corrected chi connectivity index (χ3v) is 7.06. The van der Waals surface area contributed by atoms with Crippen molar-refractivity contribution in [2.75, 3.05) is 33.2 Å². The van der Waals surface area contributed by atoms with Gasteiger partial charge in [-0.3, -0.25) is 4.79 Å². The Hall–Kier alpha value is -1.87. The monoisotopic (exact) mass is 454 g/mol. The normalized spacial score (nSPS) is 20.0. The summed E-state index contributed by atoms with van der Waals surface area (Å²) in [7, 11) is 2.23. The highest BCUT2D eigenvalue weighted by molar-refractivity contribution is 5.94. The Kier molecular flexibility index (Phi) is 11.4. The van der Waals surface area contributed by atoms with Gasteiger partial charge in [0.1, 0.15) is 0 Å². The van der Waals surface area contributed by atoms with Gasteiger partial charge in [0.05, 0.1) is 0 Å². The highest BCUT2D eigenvalue weighted by Crippen LogP contribution is 2.23. The zero-order valence-electron chi connectivity index (χ0n) is 21.8. The molecule has 0 aliphatic carbocycles. The molecule has 3 nitrogen and oxygen atoms in total. The van der Waals surface area contributed by atoms with E-state index >= 15 is 0 Å². The third kappa shape index (κ3) is 10.3. The second-order valence-electron chi connectivity index (χ2n) is 11.1. The number of hydrogen-bond donors (Lipinski definition) is 0. The van der Waals surface area contributed by atoms with Crippen LogP contribution in [-0.4, -0.2) is 48.9 Å². The van der Waals surface area contributed by atoms with Gasteiger partial charge in [-0.05, 0) is 93.6 Å². The Labute approximate surface area is 205 Å². The number of hydrogen-bond acceptors (Lipinski definition) is 2. The minimum atomic E-state index is 0. The van der Waals surface area contributed by atoms with Crippen molar-refractivity contribution < 1.29 is 6.22 Å². The fourth-order valence-electron chi connectivity index (χ4n) is 4.50. The number of rotatable bonds is 7. The van der Waals surface area contributed by atoms with E-state index in [1.54, 1.807) is 0 Å². The van der Waals surface area contributed by atoms with Crippen LogP contribution in [-0.2, 0) is 6.42 Å². The van der Waals surface area contributed by atoms with Crippen molar-refractivity contribution in [3.05, 3.63) is 60.7 Å². The lowest BCUT2D eigenvalue weighted by molar-refractivity contribution is 0.0696. The van der Waals surface area contributed by atoms with Crippen LogP contribution < -0.4 is 0 Å². The van der Waals surface area contributed by atoms with E-state index in [0.717, 1.165) is 43.8 Å². The molecule has 3 heteroatoms. The molecule has 0 N–H and O–H groups in total. The van der Waals surface area contributed by atoms with Crippen LogP contribution in [0.15, 0.2) is 49.6 Å². The molecule has 0 aromatic heterocycles. The van der Waals surface area contributed by atoms with Crippen molar-refractivity contribution in [1.29, 1.82) is 0 Å². The molecule has 1 amide bonds. The molecular weight excluding hydrogens is 404 g/mol. The number of aryl methyl sites for hydroxylation is 1. The predicted molar refractivity (Wildman–Crippen MR) is 145 cm³/mol. The van der Waals surface area contributed by atoms with Crippen LogP contribution in [0.5, 0.6) is 0 Å². The van der Waals surface area contributed by atoms with Crippen molar-refractivity contribution in [2.45, 2.75) is 72.1 Å². The lowest BCUT2D eigenvalue weighted by Crippen LogP contribution is -2.39. The highest BCUT2D eigenvalue weighted by atomic mass is 16.2. The van der Waals surface area contributed by atoms with Crippen LogP contribution in [0.1, 0.15) is 83.1 Å². The largest absolute Gasteiger partial charge is 0.338 e. The first-order chi connectivity index (χ1) is 15.7. The van der Waals surface area contributed by atoms with E-state index in [1.807, 2.05) is 29.2 Å². The van der Waals surface area contributed by atoms with Crippen molar-refractivity contribution in [2.24, 2.45) is 17.3 Å². The molecule has 2 aliphatic heterocycles. The predicted octanol–water partition coefficient (Wildman–Crippen LogP) is 7.24. The Morgan fingerprint density at radius 2 is 1.70 bits per heavy atom. The fourth-order valence-corrected chi connectivity index (χ4v) is 4.50. The smallest absolute Gasteiger partial charge is 0.253 e. The van der Waals surface area contributed by atoms with Gasteiger partial charge < -0.3 is 9.80 Å². The van der Waals surface area contributed by atoms with E-state index in [-0.39, 0.29) is 7.33 Å². The topological polar surface area (TPSA) is 23.6 Å². The first-order valence-electron chi connectivity index (χ1n) is 13.0. The Bertz CT molecular complexity index is 729. The van der Waals surface area contributed by atoms with Gasteiger partial charge in [-0.15, -0.1) is 13.2 Å². The van der Waals surface area contributed by atoms with Crippen molar-refractivity contribution in [3.8, 4) is 0 Å². The quantitative estimate of drug-likeness (QED) is 0.320. The number of likely N-dealkylation sites (tertiary alicyclic amines) is 2. The summed E-state index contributed by atoms with van der Waals surface area (Å²) in [6, 6.07) is 8.34. The Morgan fingerprint density at radius 3 is 2.27 bits per heavy atom. The van der Waals surface area contributed by atoms with Crippen LogP contribution in [0.3, 0.4) is 0 Å². The lowest BCUT2D eigenvalue weighted by Gasteiger charge is -2.31. The van der Waals surface area contributed by atoms with E-state index in [2.05, 4.69) is 58.0 Å². The zero-order valence-corrected chi connectivity index (χ0v) is 21.8. The summed E-state index contributed by atoms with van der Waals surface area (Å²) in [6.45, 7) is 18.1. The van der Waals surface area contributed by atoms with Crippen molar-refractivity contribution >= 4 is 5.91 Å². The van der Waals surface area contributed by atoms with Gasteiger partial charge in [-0.2, -0.15) is 0 Å². The number of nitrogens with zero attached hydrogens (tertiary/aromatic N) is 2. The summed E-state index contributed by atoms with van der Waals surface area (Å²) in [5.74, 6) is 1.56. The molecule has 1 aromatic carbocycles. The maximum atomic E-state index is 12.7. The molecule has 0 spiro atoms. The molecule has 33 heavy (non-hydrogen) atoms. The Balaban J connectivity index is 0.000000735. The SMILES string of the molecule is C=CC(C)(C)C.C=CC1CCCN(C(=O)c2ccc(CCCCC3CCN(C)CC3)cc2)C1.[HH].